The molecule has 0 spiro atoms. The predicted molar refractivity (Wildman–Crippen MR) is 135 cm³/mol. The second-order valence-corrected chi connectivity index (χ2v) is 11.5. The monoisotopic (exact) mass is 474 g/mol. The van der Waals surface area contributed by atoms with Crippen LogP contribution in [-0.2, 0) is 10.0 Å². The Hall–Kier alpha value is -0.860. The molecule has 190 valence electrons. The quantitative estimate of drug-likeness (QED) is 0.296. The van der Waals surface area contributed by atoms with E-state index in [1.54, 1.807) is 4.90 Å². The van der Waals surface area contributed by atoms with E-state index >= 15 is 0 Å². The third-order valence-corrected chi connectivity index (χ3v) is 7.86. The molecule has 0 bridgehead atoms. The number of likely N-dealkylation sites (N-methyl/N-ethyl adjacent to an activating group) is 1. The summed E-state index contributed by atoms with van der Waals surface area (Å²) >= 11 is 0. The van der Waals surface area contributed by atoms with E-state index in [0.717, 1.165) is 32.6 Å². The smallest absolute Gasteiger partial charge is 0.319 e. The number of urea groups is 1. The van der Waals surface area contributed by atoms with Crippen molar-refractivity contribution in [2.24, 2.45) is 0 Å². The van der Waals surface area contributed by atoms with Crippen LogP contribution in [0.2, 0.25) is 0 Å². The fraction of sp³-hybridized carbons (Fsp3) is 0.958. The van der Waals surface area contributed by atoms with E-state index in [1.165, 1.54) is 81.2 Å². The van der Waals surface area contributed by atoms with Gasteiger partial charge in [-0.3, -0.25) is 4.90 Å². The van der Waals surface area contributed by atoms with Gasteiger partial charge in [0.1, 0.15) is 0 Å². The molecular weight excluding hydrogens is 424 g/mol. The van der Waals surface area contributed by atoms with Crippen LogP contribution in [0.15, 0.2) is 0 Å². The van der Waals surface area contributed by atoms with Crippen molar-refractivity contribution in [3.8, 4) is 0 Å². The fourth-order valence-electron chi connectivity index (χ4n) is 4.25. The standard InChI is InChI=1S/C24H50N4O3S/c1-5-6-7-8-9-10-11-12-13-14-15-16-17-25(2)24(29)26(3)18-19-27-20-22-28(23-21-27)32(4,30)31/h5-23H2,1-4H3. The number of rotatable bonds is 17. The molecule has 0 aromatic carbocycles. The molecule has 1 heterocycles. The van der Waals surface area contributed by atoms with E-state index in [1.807, 2.05) is 19.0 Å². The van der Waals surface area contributed by atoms with E-state index < -0.39 is 10.0 Å². The summed E-state index contributed by atoms with van der Waals surface area (Å²) in [6.45, 7) is 7.06. The molecule has 0 unspecified atom stereocenters. The Morgan fingerprint density at radius 1 is 0.719 bits per heavy atom. The van der Waals surface area contributed by atoms with Gasteiger partial charge in [0.25, 0.3) is 0 Å². The number of carbonyl (C=O) groups excluding carboxylic acids is 1. The van der Waals surface area contributed by atoms with Gasteiger partial charge in [-0.25, -0.2) is 13.2 Å². The predicted octanol–water partition coefficient (Wildman–Crippen LogP) is 4.25. The van der Waals surface area contributed by atoms with Crippen LogP contribution >= 0.6 is 0 Å². The topological polar surface area (TPSA) is 64.2 Å². The molecule has 0 N–H and O–H groups in total. The minimum absolute atomic E-state index is 0.0721. The second-order valence-electron chi connectivity index (χ2n) is 9.52. The van der Waals surface area contributed by atoms with Gasteiger partial charge in [0.05, 0.1) is 6.26 Å². The van der Waals surface area contributed by atoms with Gasteiger partial charge < -0.3 is 9.80 Å². The maximum atomic E-state index is 12.6. The van der Waals surface area contributed by atoms with Crippen molar-refractivity contribution in [2.45, 2.75) is 84.0 Å². The van der Waals surface area contributed by atoms with E-state index in [0.29, 0.717) is 19.6 Å². The number of amides is 2. The zero-order valence-corrected chi connectivity index (χ0v) is 22.2. The largest absolute Gasteiger partial charge is 0.328 e. The van der Waals surface area contributed by atoms with E-state index in [9.17, 15) is 13.2 Å². The molecule has 1 rings (SSSR count). The van der Waals surface area contributed by atoms with Crippen LogP contribution in [0.4, 0.5) is 4.79 Å². The molecule has 2 amide bonds. The lowest BCUT2D eigenvalue weighted by atomic mass is 10.1. The minimum Gasteiger partial charge on any atom is -0.328 e. The van der Waals surface area contributed by atoms with E-state index in [4.69, 9.17) is 0 Å². The Labute approximate surface area is 198 Å². The van der Waals surface area contributed by atoms with Crippen LogP contribution in [0.3, 0.4) is 0 Å². The van der Waals surface area contributed by atoms with E-state index in [-0.39, 0.29) is 6.03 Å². The molecule has 7 nitrogen and oxygen atoms in total. The number of sulfonamides is 1. The lowest BCUT2D eigenvalue weighted by Gasteiger charge is -2.34. The Kier molecular flexibility index (Phi) is 15.2. The summed E-state index contributed by atoms with van der Waals surface area (Å²) in [6, 6.07) is 0.0721. The molecular formula is C24H50N4O3S. The molecule has 1 aliphatic rings. The number of hydrogen-bond acceptors (Lipinski definition) is 4. The molecule has 0 atom stereocenters. The van der Waals surface area contributed by atoms with Gasteiger partial charge in [0.2, 0.25) is 10.0 Å². The number of carbonyl (C=O) groups is 1. The number of nitrogens with zero attached hydrogens (tertiary/aromatic N) is 4. The molecule has 8 heteroatoms. The number of piperazine rings is 1. The van der Waals surface area contributed by atoms with Crippen LogP contribution in [0.5, 0.6) is 0 Å². The molecule has 0 radical (unpaired) electrons. The molecule has 0 aromatic heterocycles. The Balaban J connectivity index is 2.03. The van der Waals surface area contributed by atoms with Crippen molar-refractivity contribution in [3.05, 3.63) is 0 Å². The Morgan fingerprint density at radius 2 is 1.16 bits per heavy atom. The average molecular weight is 475 g/mol. The van der Waals surface area contributed by atoms with Gasteiger partial charge in [-0.2, -0.15) is 4.31 Å². The first-order valence-corrected chi connectivity index (χ1v) is 14.7. The fourth-order valence-corrected chi connectivity index (χ4v) is 5.08. The van der Waals surface area contributed by atoms with Crippen molar-refractivity contribution in [1.82, 2.24) is 19.0 Å². The van der Waals surface area contributed by atoms with Crippen LogP contribution in [0.25, 0.3) is 0 Å². The highest BCUT2D eigenvalue weighted by molar-refractivity contribution is 7.88. The molecule has 0 aliphatic carbocycles. The maximum Gasteiger partial charge on any atom is 0.319 e. The molecule has 0 aromatic rings. The lowest BCUT2D eigenvalue weighted by Crippen LogP contribution is -2.50. The van der Waals surface area contributed by atoms with Crippen LogP contribution < -0.4 is 0 Å². The summed E-state index contributed by atoms with van der Waals surface area (Å²) in [5, 5.41) is 0. The summed E-state index contributed by atoms with van der Waals surface area (Å²) in [7, 11) is 0.653. The van der Waals surface area contributed by atoms with Crippen molar-refractivity contribution in [3.63, 3.8) is 0 Å². The van der Waals surface area contributed by atoms with Crippen LogP contribution in [0.1, 0.15) is 84.0 Å². The first kappa shape index (κ1) is 29.2. The SMILES string of the molecule is CCCCCCCCCCCCCCN(C)C(=O)N(C)CCN1CCN(S(C)(=O)=O)CC1. The van der Waals surface area contributed by atoms with Gasteiger partial charge in [-0.1, -0.05) is 77.6 Å². The normalized spacial score (nSPS) is 15.8. The van der Waals surface area contributed by atoms with Crippen molar-refractivity contribution < 1.29 is 13.2 Å². The third kappa shape index (κ3) is 13.0. The highest BCUT2D eigenvalue weighted by Crippen LogP contribution is 2.12. The second kappa shape index (κ2) is 16.7. The van der Waals surface area contributed by atoms with Crippen molar-refractivity contribution in [1.29, 1.82) is 0 Å². The maximum absolute atomic E-state index is 12.6. The zero-order valence-electron chi connectivity index (χ0n) is 21.4. The van der Waals surface area contributed by atoms with Gasteiger partial charge in [0.15, 0.2) is 0 Å². The van der Waals surface area contributed by atoms with Gasteiger partial charge in [-0.15, -0.1) is 0 Å². The summed E-state index contributed by atoms with van der Waals surface area (Å²) in [5.41, 5.74) is 0. The Morgan fingerprint density at radius 3 is 1.62 bits per heavy atom. The van der Waals surface area contributed by atoms with Gasteiger partial charge >= 0.3 is 6.03 Å². The summed E-state index contributed by atoms with van der Waals surface area (Å²) in [5.74, 6) is 0. The van der Waals surface area contributed by atoms with Crippen LogP contribution in [0, 0.1) is 0 Å². The van der Waals surface area contributed by atoms with Crippen molar-refractivity contribution >= 4 is 16.1 Å². The molecule has 0 saturated carbocycles. The highest BCUT2D eigenvalue weighted by Gasteiger charge is 2.23. The van der Waals surface area contributed by atoms with E-state index in [2.05, 4.69) is 11.8 Å². The number of hydrogen-bond donors (Lipinski definition) is 0. The van der Waals surface area contributed by atoms with Gasteiger partial charge in [0, 0.05) is 59.9 Å². The molecule has 1 saturated heterocycles. The number of unbranched alkanes of at least 4 members (excludes halogenated alkanes) is 11. The summed E-state index contributed by atoms with van der Waals surface area (Å²) < 4.78 is 24.7. The Bertz CT molecular complexity index is 592. The third-order valence-electron chi connectivity index (χ3n) is 6.55. The minimum atomic E-state index is -3.09. The van der Waals surface area contributed by atoms with Crippen molar-refractivity contribution in [2.75, 3.05) is 66.2 Å². The lowest BCUT2D eigenvalue weighted by molar-refractivity contribution is 0.150. The molecule has 1 fully saturated rings. The highest BCUT2D eigenvalue weighted by atomic mass is 32.2. The summed E-state index contributed by atoms with van der Waals surface area (Å²) in [6.07, 6.45) is 17.2. The average Bonchev–Trinajstić information content (AvgIpc) is 2.77. The van der Waals surface area contributed by atoms with Crippen LogP contribution in [-0.4, -0.2) is 99.6 Å². The first-order valence-electron chi connectivity index (χ1n) is 12.9. The first-order chi connectivity index (χ1) is 15.3. The molecule has 32 heavy (non-hydrogen) atoms. The molecule has 1 aliphatic heterocycles. The zero-order chi connectivity index (χ0) is 23.8. The van der Waals surface area contributed by atoms with Gasteiger partial charge in [-0.05, 0) is 6.42 Å². The summed E-state index contributed by atoms with van der Waals surface area (Å²) in [4.78, 5) is 18.4.